The number of anilines is 1. The molecule has 0 aromatic heterocycles. The van der Waals surface area contributed by atoms with Gasteiger partial charge in [0.1, 0.15) is 0 Å². The van der Waals surface area contributed by atoms with Crippen LogP contribution >= 0.6 is 0 Å². The molecule has 1 aliphatic rings. The molecule has 0 atom stereocenters. The van der Waals surface area contributed by atoms with Crippen LogP contribution in [0, 0.1) is 0 Å². The van der Waals surface area contributed by atoms with Crippen LogP contribution in [0.25, 0.3) is 0 Å². The molecule has 0 fully saturated rings. The Labute approximate surface area is 66.1 Å². The molecular formula is C9H10N2. The normalized spacial score (nSPS) is 14.7. The molecule has 0 spiro atoms. The van der Waals surface area contributed by atoms with Crippen LogP contribution in [-0.2, 0) is 6.42 Å². The Kier molecular flexibility index (Phi) is 1.39. The summed E-state index contributed by atoms with van der Waals surface area (Å²) in [6, 6.07) is 8.31. The fraction of sp³-hybridized carbons (Fsp3) is 0.222. The summed E-state index contributed by atoms with van der Waals surface area (Å²) in [7, 11) is 0. The first kappa shape index (κ1) is 6.40. The van der Waals surface area contributed by atoms with E-state index in [1.54, 1.807) is 0 Å². The predicted octanol–water partition coefficient (Wildman–Crippen LogP) is 1.66. The zero-order valence-corrected chi connectivity index (χ0v) is 6.33. The molecule has 0 amide bonds. The summed E-state index contributed by atoms with van der Waals surface area (Å²) in [5.41, 5.74) is 2.59. The topological polar surface area (TPSA) is 15.6 Å². The number of hydrazone groups is 1. The number of para-hydroxylation sites is 1. The zero-order valence-electron chi connectivity index (χ0n) is 6.33. The molecule has 0 aliphatic carbocycles. The monoisotopic (exact) mass is 146 g/mol. The average molecular weight is 146 g/mol. The van der Waals surface area contributed by atoms with Crippen LogP contribution in [0.5, 0.6) is 0 Å². The van der Waals surface area contributed by atoms with E-state index in [-0.39, 0.29) is 0 Å². The van der Waals surface area contributed by atoms with Gasteiger partial charge in [-0.2, -0.15) is 5.10 Å². The summed E-state index contributed by atoms with van der Waals surface area (Å²) in [4.78, 5) is 0. The smallest absolute Gasteiger partial charge is 0.0626 e. The van der Waals surface area contributed by atoms with E-state index >= 15 is 0 Å². The first-order valence-electron chi connectivity index (χ1n) is 3.74. The Morgan fingerprint density at radius 2 is 2.18 bits per heavy atom. The SMILES string of the molecule is C=NN1CCc2ccccc21. The molecule has 1 aromatic carbocycles. The highest BCUT2D eigenvalue weighted by molar-refractivity contribution is 5.58. The van der Waals surface area contributed by atoms with Crippen molar-refractivity contribution in [2.24, 2.45) is 5.10 Å². The molecule has 11 heavy (non-hydrogen) atoms. The first-order valence-corrected chi connectivity index (χ1v) is 3.74. The molecule has 2 heteroatoms. The van der Waals surface area contributed by atoms with Crippen molar-refractivity contribution in [2.75, 3.05) is 11.6 Å². The Bertz CT molecular complexity index is 281. The Balaban J connectivity index is 2.46. The molecule has 0 radical (unpaired) electrons. The van der Waals surface area contributed by atoms with Gasteiger partial charge in [-0.25, -0.2) is 0 Å². The van der Waals surface area contributed by atoms with E-state index in [1.807, 2.05) is 11.1 Å². The standard InChI is InChI=1S/C9H10N2/c1-10-11-7-6-8-4-2-3-5-9(8)11/h2-5H,1,6-7H2. The predicted molar refractivity (Wildman–Crippen MR) is 47.0 cm³/mol. The lowest BCUT2D eigenvalue weighted by atomic mass is 10.2. The summed E-state index contributed by atoms with van der Waals surface area (Å²) in [5.74, 6) is 0. The minimum Gasteiger partial charge on any atom is -0.266 e. The van der Waals surface area contributed by atoms with Gasteiger partial charge in [-0.15, -0.1) is 0 Å². The van der Waals surface area contributed by atoms with Crippen molar-refractivity contribution in [2.45, 2.75) is 6.42 Å². The second-order valence-corrected chi connectivity index (χ2v) is 2.64. The van der Waals surface area contributed by atoms with Crippen molar-refractivity contribution in [3.05, 3.63) is 29.8 Å². The van der Waals surface area contributed by atoms with E-state index < -0.39 is 0 Å². The van der Waals surface area contributed by atoms with E-state index in [0.717, 1.165) is 13.0 Å². The summed E-state index contributed by atoms with van der Waals surface area (Å²) in [6.07, 6.45) is 1.09. The molecule has 0 bridgehead atoms. The maximum absolute atomic E-state index is 3.91. The maximum Gasteiger partial charge on any atom is 0.0626 e. The minimum atomic E-state index is 0.975. The van der Waals surface area contributed by atoms with Crippen molar-refractivity contribution >= 4 is 12.4 Å². The lowest BCUT2D eigenvalue weighted by Gasteiger charge is -2.10. The van der Waals surface area contributed by atoms with Crippen molar-refractivity contribution in [3.63, 3.8) is 0 Å². The van der Waals surface area contributed by atoms with Gasteiger partial charge in [0.25, 0.3) is 0 Å². The van der Waals surface area contributed by atoms with Crippen LogP contribution in [0.2, 0.25) is 0 Å². The van der Waals surface area contributed by atoms with Crippen LogP contribution in [0.1, 0.15) is 5.56 Å². The summed E-state index contributed by atoms with van der Waals surface area (Å²) >= 11 is 0. The van der Waals surface area contributed by atoms with Gasteiger partial charge in [-0.3, -0.25) is 5.01 Å². The van der Waals surface area contributed by atoms with Crippen LogP contribution in [0.3, 0.4) is 0 Å². The molecule has 0 N–H and O–H groups in total. The molecule has 1 heterocycles. The average Bonchev–Trinajstić information content (AvgIpc) is 2.47. The van der Waals surface area contributed by atoms with E-state index in [2.05, 4.69) is 30.0 Å². The molecule has 0 unspecified atom stereocenters. The largest absolute Gasteiger partial charge is 0.266 e. The van der Waals surface area contributed by atoms with Crippen LogP contribution in [0.15, 0.2) is 29.4 Å². The highest BCUT2D eigenvalue weighted by Gasteiger charge is 2.15. The fourth-order valence-corrected chi connectivity index (χ4v) is 1.47. The van der Waals surface area contributed by atoms with Gasteiger partial charge in [-0.05, 0) is 18.1 Å². The molecule has 0 saturated heterocycles. The Hall–Kier alpha value is -1.31. The van der Waals surface area contributed by atoms with Crippen molar-refractivity contribution in [1.29, 1.82) is 0 Å². The zero-order chi connectivity index (χ0) is 7.68. The first-order chi connectivity index (χ1) is 5.42. The molecular weight excluding hydrogens is 136 g/mol. The quantitative estimate of drug-likeness (QED) is 0.550. The third-order valence-electron chi connectivity index (χ3n) is 2.03. The molecule has 1 aliphatic heterocycles. The number of hydrogen-bond donors (Lipinski definition) is 0. The van der Waals surface area contributed by atoms with Crippen LogP contribution < -0.4 is 5.01 Å². The molecule has 0 saturated carbocycles. The lowest BCUT2D eigenvalue weighted by Crippen LogP contribution is -2.10. The fourth-order valence-electron chi connectivity index (χ4n) is 1.47. The molecule has 1 aromatic rings. The van der Waals surface area contributed by atoms with Gasteiger partial charge in [0.2, 0.25) is 0 Å². The number of hydrogen-bond acceptors (Lipinski definition) is 2. The van der Waals surface area contributed by atoms with Crippen molar-refractivity contribution in [3.8, 4) is 0 Å². The van der Waals surface area contributed by atoms with E-state index in [4.69, 9.17) is 0 Å². The molecule has 2 rings (SSSR count). The second-order valence-electron chi connectivity index (χ2n) is 2.64. The summed E-state index contributed by atoms with van der Waals surface area (Å²) in [6.45, 7) is 4.49. The lowest BCUT2D eigenvalue weighted by molar-refractivity contribution is 0.899. The van der Waals surface area contributed by atoms with Gasteiger partial charge in [-0.1, -0.05) is 18.2 Å². The highest BCUT2D eigenvalue weighted by atomic mass is 15.5. The second kappa shape index (κ2) is 2.38. The summed E-state index contributed by atoms with van der Waals surface area (Å²) < 4.78 is 0. The van der Waals surface area contributed by atoms with Crippen molar-refractivity contribution in [1.82, 2.24) is 0 Å². The van der Waals surface area contributed by atoms with Crippen LogP contribution in [-0.4, -0.2) is 13.3 Å². The van der Waals surface area contributed by atoms with Gasteiger partial charge in [0, 0.05) is 13.3 Å². The van der Waals surface area contributed by atoms with Gasteiger partial charge in [0.05, 0.1) is 5.69 Å². The van der Waals surface area contributed by atoms with E-state index in [9.17, 15) is 0 Å². The minimum absolute atomic E-state index is 0.975. The Morgan fingerprint density at radius 3 is 3.00 bits per heavy atom. The maximum atomic E-state index is 3.91. The molecule has 2 nitrogen and oxygen atoms in total. The van der Waals surface area contributed by atoms with Gasteiger partial charge < -0.3 is 0 Å². The third kappa shape index (κ3) is 0.909. The van der Waals surface area contributed by atoms with E-state index in [0.29, 0.717) is 0 Å². The Morgan fingerprint density at radius 1 is 1.36 bits per heavy atom. The van der Waals surface area contributed by atoms with Crippen molar-refractivity contribution < 1.29 is 0 Å². The number of nitrogens with zero attached hydrogens (tertiary/aromatic N) is 2. The van der Waals surface area contributed by atoms with E-state index in [1.165, 1.54) is 11.3 Å². The molecule has 56 valence electrons. The number of fused-ring (bicyclic) bond motifs is 1. The summed E-state index contributed by atoms with van der Waals surface area (Å²) in [5, 5.41) is 5.85. The van der Waals surface area contributed by atoms with Gasteiger partial charge in [0.15, 0.2) is 0 Å². The third-order valence-corrected chi connectivity index (χ3v) is 2.03. The van der Waals surface area contributed by atoms with Crippen LogP contribution in [0.4, 0.5) is 5.69 Å². The number of benzene rings is 1. The number of rotatable bonds is 1. The highest BCUT2D eigenvalue weighted by Crippen LogP contribution is 2.26. The van der Waals surface area contributed by atoms with Gasteiger partial charge >= 0.3 is 0 Å².